The molecule has 0 bridgehead atoms. The highest BCUT2D eigenvalue weighted by Crippen LogP contribution is 2.35. The van der Waals surface area contributed by atoms with E-state index in [0.717, 1.165) is 16.8 Å². The average molecular weight is 393 g/mol. The molecule has 0 saturated heterocycles. The third-order valence-corrected chi connectivity index (χ3v) is 4.40. The van der Waals surface area contributed by atoms with Crippen molar-refractivity contribution >= 4 is 40.5 Å². The molecular weight excluding hydrogens is 377 g/mol. The van der Waals surface area contributed by atoms with Crippen molar-refractivity contribution in [1.29, 1.82) is 0 Å². The van der Waals surface area contributed by atoms with Gasteiger partial charge >= 0.3 is 0 Å². The van der Waals surface area contributed by atoms with Crippen molar-refractivity contribution < 1.29 is 4.74 Å². The maximum atomic E-state index is 6.35. The summed E-state index contributed by atoms with van der Waals surface area (Å²) in [5.74, 6) is 0.499. The Morgan fingerprint density at radius 3 is 2.16 bits per heavy atom. The highest BCUT2D eigenvalue weighted by molar-refractivity contribution is 6.37. The van der Waals surface area contributed by atoms with Gasteiger partial charge in [-0.1, -0.05) is 71.2 Å². The molecule has 0 aliphatic heterocycles. The zero-order chi connectivity index (χ0) is 17.6. The predicted octanol–water partition coefficient (Wildman–Crippen LogP) is 6.84. The van der Waals surface area contributed by atoms with Crippen molar-refractivity contribution in [3.63, 3.8) is 0 Å². The average Bonchev–Trinajstić information content (AvgIpc) is 2.60. The minimum Gasteiger partial charge on any atom is -0.486 e. The summed E-state index contributed by atoms with van der Waals surface area (Å²) in [5.41, 5.74) is 2.95. The number of halogens is 3. The predicted molar refractivity (Wildman–Crippen MR) is 106 cm³/mol. The van der Waals surface area contributed by atoms with Crippen molar-refractivity contribution in [2.24, 2.45) is 0 Å². The Morgan fingerprint density at radius 2 is 1.48 bits per heavy atom. The SMILES string of the molecule is Clc1cccc(NCc2cc(Cl)c(OCc3ccccc3)c(Cl)c2)c1. The quantitative estimate of drug-likeness (QED) is 0.496. The van der Waals surface area contributed by atoms with Crippen molar-refractivity contribution in [1.82, 2.24) is 0 Å². The third-order valence-electron chi connectivity index (χ3n) is 3.61. The molecule has 0 heterocycles. The van der Waals surface area contributed by atoms with E-state index in [2.05, 4.69) is 5.32 Å². The first-order valence-corrected chi connectivity index (χ1v) is 8.89. The molecule has 0 aliphatic carbocycles. The zero-order valence-electron chi connectivity index (χ0n) is 13.3. The molecule has 0 saturated carbocycles. The van der Waals surface area contributed by atoms with E-state index >= 15 is 0 Å². The van der Waals surface area contributed by atoms with Crippen LogP contribution >= 0.6 is 34.8 Å². The Labute approximate surface area is 162 Å². The van der Waals surface area contributed by atoms with Gasteiger partial charge in [-0.15, -0.1) is 0 Å². The van der Waals surface area contributed by atoms with E-state index in [1.807, 2.05) is 66.7 Å². The van der Waals surface area contributed by atoms with Crippen molar-refractivity contribution in [2.45, 2.75) is 13.2 Å². The maximum absolute atomic E-state index is 6.35. The molecule has 128 valence electrons. The molecule has 0 spiro atoms. The molecule has 5 heteroatoms. The highest BCUT2D eigenvalue weighted by atomic mass is 35.5. The fourth-order valence-electron chi connectivity index (χ4n) is 2.38. The lowest BCUT2D eigenvalue weighted by atomic mass is 10.2. The number of anilines is 1. The second kappa shape index (κ2) is 8.48. The molecule has 25 heavy (non-hydrogen) atoms. The molecule has 3 aromatic rings. The number of hydrogen-bond donors (Lipinski definition) is 1. The van der Waals surface area contributed by atoms with Gasteiger partial charge in [0.2, 0.25) is 0 Å². The van der Waals surface area contributed by atoms with Crippen LogP contribution in [0.3, 0.4) is 0 Å². The van der Waals surface area contributed by atoms with E-state index in [0.29, 0.717) is 34.0 Å². The maximum Gasteiger partial charge on any atom is 0.156 e. The van der Waals surface area contributed by atoms with Crippen molar-refractivity contribution in [2.75, 3.05) is 5.32 Å². The van der Waals surface area contributed by atoms with Gasteiger partial charge in [0, 0.05) is 17.3 Å². The number of rotatable bonds is 6. The normalized spacial score (nSPS) is 10.5. The lowest BCUT2D eigenvalue weighted by Crippen LogP contribution is -2.01. The Balaban J connectivity index is 1.67. The first kappa shape index (κ1) is 17.9. The molecule has 3 aromatic carbocycles. The van der Waals surface area contributed by atoms with Gasteiger partial charge in [-0.05, 0) is 41.5 Å². The summed E-state index contributed by atoms with van der Waals surface area (Å²) in [5, 5.41) is 4.96. The smallest absolute Gasteiger partial charge is 0.156 e. The fraction of sp³-hybridized carbons (Fsp3) is 0.100. The summed E-state index contributed by atoms with van der Waals surface area (Å²) in [6.07, 6.45) is 0. The lowest BCUT2D eigenvalue weighted by molar-refractivity contribution is 0.306. The third kappa shape index (κ3) is 5.05. The van der Waals surface area contributed by atoms with E-state index < -0.39 is 0 Å². The number of nitrogens with one attached hydrogen (secondary N) is 1. The van der Waals surface area contributed by atoms with Crippen LogP contribution in [0.4, 0.5) is 5.69 Å². The van der Waals surface area contributed by atoms with Gasteiger partial charge in [-0.25, -0.2) is 0 Å². The minimum absolute atomic E-state index is 0.417. The Hall–Kier alpha value is -1.87. The van der Waals surface area contributed by atoms with Gasteiger partial charge in [0.15, 0.2) is 5.75 Å². The summed E-state index contributed by atoms with van der Waals surface area (Å²) < 4.78 is 5.79. The van der Waals surface area contributed by atoms with Crippen molar-refractivity contribution in [3.05, 3.63) is 92.9 Å². The summed E-state index contributed by atoms with van der Waals surface area (Å²) in [6.45, 7) is 0.999. The second-order valence-electron chi connectivity index (χ2n) is 5.53. The van der Waals surface area contributed by atoms with E-state index in [1.54, 1.807) is 0 Å². The van der Waals surface area contributed by atoms with E-state index in [9.17, 15) is 0 Å². The van der Waals surface area contributed by atoms with Crippen LogP contribution in [-0.2, 0) is 13.2 Å². The summed E-state index contributed by atoms with van der Waals surface area (Å²) in [7, 11) is 0. The molecule has 0 aliphatic rings. The van der Waals surface area contributed by atoms with Crippen molar-refractivity contribution in [3.8, 4) is 5.75 Å². The number of benzene rings is 3. The molecule has 3 rings (SSSR count). The van der Waals surface area contributed by atoms with Crippen LogP contribution in [0.2, 0.25) is 15.1 Å². The summed E-state index contributed by atoms with van der Waals surface area (Å²) in [4.78, 5) is 0. The van der Waals surface area contributed by atoms with Gasteiger partial charge in [-0.2, -0.15) is 0 Å². The molecule has 0 fully saturated rings. The fourth-order valence-corrected chi connectivity index (χ4v) is 3.22. The minimum atomic E-state index is 0.417. The first-order valence-electron chi connectivity index (χ1n) is 7.76. The molecule has 2 nitrogen and oxygen atoms in total. The monoisotopic (exact) mass is 391 g/mol. The first-order chi connectivity index (χ1) is 12.1. The van der Waals surface area contributed by atoms with Crippen LogP contribution < -0.4 is 10.1 Å². The molecule has 0 aromatic heterocycles. The lowest BCUT2D eigenvalue weighted by Gasteiger charge is -2.13. The standard InChI is InChI=1S/C20H16Cl3NO/c21-16-7-4-8-17(11-16)24-12-15-9-18(22)20(19(23)10-15)25-13-14-5-2-1-3-6-14/h1-11,24H,12-13H2. The van der Waals surface area contributed by atoms with E-state index in [4.69, 9.17) is 39.5 Å². The zero-order valence-corrected chi connectivity index (χ0v) is 15.6. The van der Waals surface area contributed by atoms with Crippen LogP contribution in [0.25, 0.3) is 0 Å². The number of ether oxygens (including phenoxy) is 1. The highest BCUT2D eigenvalue weighted by Gasteiger charge is 2.10. The summed E-state index contributed by atoms with van der Waals surface area (Å²) in [6, 6.07) is 21.1. The topological polar surface area (TPSA) is 21.3 Å². The van der Waals surface area contributed by atoms with Crippen LogP contribution in [0, 0.1) is 0 Å². The Morgan fingerprint density at radius 1 is 0.760 bits per heavy atom. The molecule has 1 N–H and O–H groups in total. The van der Waals surface area contributed by atoms with Gasteiger partial charge in [-0.3, -0.25) is 0 Å². The number of hydrogen-bond acceptors (Lipinski definition) is 2. The molecule has 0 unspecified atom stereocenters. The Kier molecular flexibility index (Phi) is 6.09. The van der Waals surface area contributed by atoms with Crippen LogP contribution in [-0.4, -0.2) is 0 Å². The molecule has 0 atom stereocenters. The van der Waals surface area contributed by atoms with Gasteiger partial charge in [0.1, 0.15) is 6.61 Å². The Bertz CT molecular complexity index is 830. The van der Waals surface area contributed by atoms with Gasteiger partial charge in [0.05, 0.1) is 10.0 Å². The van der Waals surface area contributed by atoms with E-state index in [-0.39, 0.29) is 0 Å². The van der Waals surface area contributed by atoms with E-state index in [1.165, 1.54) is 0 Å². The second-order valence-corrected chi connectivity index (χ2v) is 6.78. The molecular formula is C20H16Cl3NO. The van der Waals surface area contributed by atoms with Crippen LogP contribution in [0.5, 0.6) is 5.75 Å². The van der Waals surface area contributed by atoms with Crippen LogP contribution in [0.15, 0.2) is 66.7 Å². The van der Waals surface area contributed by atoms with Gasteiger partial charge in [0.25, 0.3) is 0 Å². The molecule has 0 radical (unpaired) electrons. The molecule has 0 amide bonds. The summed E-state index contributed by atoms with van der Waals surface area (Å²) >= 11 is 18.7. The van der Waals surface area contributed by atoms with Gasteiger partial charge < -0.3 is 10.1 Å². The largest absolute Gasteiger partial charge is 0.486 e. The van der Waals surface area contributed by atoms with Crippen LogP contribution in [0.1, 0.15) is 11.1 Å².